The highest BCUT2D eigenvalue weighted by atomic mass is 14.9. The average molecular weight is 193 g/mol. The molecule has 0 radical (unpaired) electrons. The normalized spacial score (nSPS) is 13.2. The summed E-state index contributed by atoms with van der Waals surface area (Å²) in [5.41, 5.74) is 2.08. The Balaban J connectivity index is 2.45. The predicted octanol–water partition coefficient (Wildman–Crippen LogP) is 1.92. The van der Waals surface area contributed by atoms with E-state index in [0.29, 0.717) is 12.0 Å². The van der Waals surface area contributed by atoms with E-state index < -0.39 is 0 Å². The highest BCUT2D eigenvalue weighted by Crippen LogP contribution is 2.02. The first-order valence-corrected chi connectivity index (χ1v) is 5.10. The third-order valence-corrected chi connectivity index (χ3v) is 2.47. The largest absolute Gasteiger partial charge is 0.308 e. The van der Waals surface area contributed by atoms with Crippen molar-refractivity contribution in [2.75, 3.05) is 0 Å². The van der Waals surface area contributed by atoms with Gasteiger partial charge < -0.3 is 5.32 Å². The minimum Gasteiger partial charge on any atom is -0.308 e. The number of aryl methyl sites for hydroxylation is 1. The van der Waals surface area contributed by atoms with Crippen LogP contribution in [0.2, 0.25) is 0 Å². The first kappa shape index (κ1) is 11.1. The summed E-state index contributed by atoms with van der Waals surface area (Å²) < 4.78 is 0. The molecule has 3 heteroatoms. The van der Waals surface area contributed by atoms with Crippen molar-refractivity contribution in [3.63, 3.8) is 0 Å². The minimum atomic E-state index is 0.519. The molecule has 1 N–H and O–H groups in total. The molecule has 0 fully saturated rings. The van der Waals surface area contributed by atoms with Crippen molar-refractivity contribution in [3.8, 4) is 0 Å². The highest BCUT2D eigenvalue weighted by molar-refractivity contribution is 5.06. The molecule has 1 unspecified atom stereocenters. The molecule has 1 atom stereocenters. The summed E-state index contributed by atoms with van der Waals surface area (Å²) in [5, 5.41) is 3.44. The lowest BCUT2D eigenvalue weighted by Gasteiger charge is -2.16. The Hall–Kier alpha value is -0.960. The maximum Gasteiger partial charge on any atom is 0.115 e. The Morgan fingerprint density at radius 3 is 2.57 bits per heavy atom. The molecule has 1 aromatic heterocycles. The summed E-state index contributed by atoms with van der Waals surface area (Å²) in [5.74, 6) is 0.651. The number of nitrogens with one attached hydrogen (secondary N) is 1. The smallest absolute Gasteiger partial charge is 0.115 e. The number of aromatic nitrogens is 2. The van der Waals surface area contributed by atoms with Crippen LogP contribution in [0.4, 0.5) is 0 Å². The van der Waals surface area contributed by atoms with Crippen molar-refractivity contribution in [2.24, 2.45) is 5.92 Å². The van der Waals surface area contributed by atoms with Gasteiger partial charge in [0, 0.05) is 18.3 Å². The third kappa shape index (κ3) is 3.42. The summed E-state index contributed by atoms with van der Waals surface area (Å²) in [6.45, 7) is 9.42. The summed E-state index contributed by atoms with van der Waals surface area (Å²) in [7, 11) is 0. The van der Waals surface area contributed by atoms with Crippen LogP contribution in [0.3, 0.4) is 0 Å². The topological polar surface area (TPSA) is 37.8 Å². The average Bonchev–Trinajstić information content (AvgIpc) is 2.14. The van der Waals surface area contributed by atoms with Crippen LogP contribution in [-0.4, -0.2) is 16.0 Å². The van der Waals surface area contributed by atoms with Crippen LogP contribution in [0.5, 0.6) is 0 Å². The van der Waals surface area contributed by atoms with Gasteiger partial charge >= 0.3 is 0 Å². The van der Waals surface area contributed by atoms with E-state index in [4.69, 9.17) is 0 Å². The van der Waals surface area contributed by atoms with E-state index >= 15 is 0 Å². The second-order valence-corrected chi connectivity index (χ2v) is 4.06. The third-order valence-electron chi connectivity index (χ3n) is 2.47. The van der Waals surface area contributed by atoms with E-state index in [1.807, 2.05) is 13.0 Å². The van der Waals surface area contributed by atoms with Gasteiger partial charge in [-0.1, -0.05) is 13.8 Å². The van der Waals surface area contributed by atoms with Gasteiger partial charge in [0.25, 0.3) is 0 Å². The van der Waals surface area contributed by atoms with Gasteiger partial charge in [0.15, 0.2) is 0 Å². The van der Waals surface area contributed by atoms with Crippen LogP contribution in [-0.2, 0) is 6.54 Å². The molecule has 0 saturated carbocycles. The lowest BCUT2D eigenvalue weighted by molar-refractivity contribution is 0.423. The number of nitrogens with zero attached hydrogens (tertiary/aromatic N) is 2. The molecule has 1 rings (SSSR count). The Morgan fingerprint density at radius 1 is 1.29 bits per heavy atom. The van der Waals surface area contributed by atoms with E-state index in [1.54, 1.807) is 6.33 Å². The molecular weight excluding hydrogens is 174 g/mol. The first-order valence-electron chi connectivity index (χ1n) is 5.10. The van der Waals surface area contributed by atoms with Crippen LogP contribution in [0.25, 0.3) is 0 Å². The van der Waals surface area contributed by atoms with E-state index in [1.165, 1.54) is 0 Å². The second kappa shape index (κ2) is 5.05. The molecule has 0 spiro atoms. The molecule has 0 bridgehead atoms. The number of hydrogen-bond donors (Lipinski definition) is 1. The summed E-state index contributed by atoms with van der Waals surface area (Å²) in [6, 6.07) is 2.53. The molecule has 1 aromatic rings. The van der Waals surface area contributed by atoms with E-state index in [9.17, 15) is 0 Å². The van der Waals surface area contributed by atoms with Crippen molar-refractivity contribution >= 4 is 0 Å². The molecular formula is C11H19N3. The standard InChI is InChI=1S/C11H19N3/c1-8(2)10(4)12-6-11-5-9(3)13-7-14-11/h5,7-8,10,12H,6H2,1-4H3. The van der Waals surface area contributed by atoms with Gasteiger partial charge in [0.2, 0.25) is 0 Å². The van der Waals surface area contributed by atoms with E-state index in [0.717, 1.165) is 17.9 Å². The van der Waals surface area contributed by atoms with Crippen LogP contribution in [0.15, 0.2) is 12.4 Å². The Bertz CT molecular complexity index is 284. The zero-order valence-corrected chi connectivity index (χ0v) is 9.41. The fourth-order valence-electron chi connectivity index (χ4n) is 1.11. The first-order chi connectivity index (χ1) is 6.59. The van der Waals surface area contributed by atoms with Crippen molar-refractivity contribution in [1.29, 1.82) is 0 Å². The van der Waals surface area contributed by atoms with Gasteiger partial charge in [-0.3, -0.25) is 0 Å². The SMILES string of the molecule is Cc1cc(CNC(C)C(C)C)ncn1. The molecule has 14 heavy (non-hydrogen) atoms. The lowest BCUT2D eigenvalue weighted by Crippen LogP contribution is -2.30. The van der Waals surface area contributed by atoms with Crippen molar-refractivity contribution < 1.29 is 0 Å². The van der Waals surface area contributed by atoms with Gasteiger partial charge in [-0.15, -0.1) is 0 Å². The highest BCUT2D eigenvalue weighted by Gasteiger charge is 2.05. The molecule has 0 amide bonds. The zero-order valence-electron chi connectivity index (χ0n) is 9.41. The molecule has 0 aliphatic carbocycles. The zero-order chi connectivity index (χ0) is 10.6. The number of rotatable bonds is 4. The summed E-state index contributed by atoms with van der Waals surface area (Å²) in [4.78, 5) is 8.26. The second-order valence-electron chi connectivity index (χ2n) is 4.06. The lowest BCUT2D eigenvalue weighted by atomic mass is 10.1. The van der Waals surface area contributed by atoms with Crippen molar-refractivity contribution in [2.45, 2.75) is 40.3 Å². The maximum atomic E-state index is 4.20. The van der Waals surface area contributed by atoms with Crippen molar-refractivity contribution in [3.05, 3.63) is 23.8 Å². The van der Waals surface area contributed by atoms with Gasteiger partial charge in [0.05, 0.1) is 5.69 Å². The van der Waals surface area contributed by atoms with Crippen LogP contribution in [0.1, 0.15) is 32.2 Å². The fourth-order valence-corrected chi connectivity index (χ4v) is 1.11. The van der Waals surface area contributed by atoms with Gasteiger partial charge in [0.1, 0.15) is 6.33 Å². The monoisotopic (exact) mass is 193 g/mol. The molecule has 78 valence electrons. The van der Waals surface area contributed by atoms with Gasteiger partial charge in [-0.25, -0.2) is 9.97 Å². The summed E-state index contributed by atoms with van der Waals surface area (Å²) in [6.07, 6.45) is 1.62. The minimum absolute atomic E-state index is 0.519. The van der Waals surface area contributed by atoms with E-state index in [-0.39, 0.29) is 0 Å². The number of hydrogen-bond acceptors (Lipinski definition) is 3. The molecule has 0 aromatic carbocycles. The molecule has 3 nitrogen and oxygen atoms in total. The van der Waals surface area contributed by atoms with Gasteiger partial charge in [-0.2, -0.15) is 0 Å². The quantitative estimate of drug-likeness (QED) is 0.794. The predicted molar refractivity (Wildman–Crippen MR) is 57.9 cm³/mol. The van der Waals surface area contributed by atoms with E-state index in [2.05, 4.69) is 36.1 Å². The Morgan fingerprint density at radius 2 is 2.00 bits per heavy atom. The fraction of sp³-hybridized carbons (Fsp3) is 0.636. The molecule has 0 aliphatic rings. The van der Waals surface area contributed by atoms with Crippen LogP contribution in [0, 0.1) is 12.8 Å². The summed E-state index contributed by atoms with van der Waals surface area (Å²) >= 11 is 0. The Kier molecular flexibility index (Phi) is 4.01. The molecule has 0 aliphatic heterocycles. The Labute approximate surface area is 86.0 Å². The maximum absolute atomic E-state index is 4.20. The van der Waals surface area contributed by atoms with Gasteiger partial charge in [-0.05, 0) is 25.8 Å². The molecule has 1 heterocycles. The van der Waals surface area contributed by atoms with Crippen LogP contribution >= 0.6 is 0 Å². The van der Waals surface area contributed by atoms with Crippen molar-refractivity contribution in [1.82, 2.24) is 15.3 Å². The molecule has 0 saturated heterocycles. The van der Waals surface area contributed by atoms with Crippen LogP contribution < -0.4 is 5.32 Å².